The fraction of sp³-hybridized carbons (Fsp3) is 0.500. The van der Waals surface area contributed by atoms with Crippen LogP contribution in [0, 0.1) is 19.8 Å². The zero-order chi connectivity index (χ0) is 15.4. The average Bonchev–Trinajstić information content (AvgIpc) is 2.72. The van der Waals surface area contributed by atoms with Gasteiger partial charge in [0.1, 0.15) is 12.0 Å². The summed E-state index contributed by atoms with van der Waals surface area (Å²) in [6.45, 7) is 9.24. The normalized spacial score (nSPS) is 10.9. The van der Waals surface area contributed by atoms with Crippen LogP contribution in [-0.4, -0.2) is 21.5 Å². The maximum atomic E-state index is 6.12. The van der Waals surface area contributed by atoms with Gasteiger partial charge in [-0.3, -0.25) is 0 Å². The minimum Gasteiger partial charge on any atom is -0.393 e. The smallest absolute Gasteiger partial charge is 0.188 e. The van der Waals surface area contributed by atoms with E-state index in [0.717, 1.165) is 23.8 Å². The van der Waals surface area contributed by atoms with Crippen molar-refractivity contribution < 1.29 is 0 Å². The van der Waals surface area contributed by atoms with E-state index in [4.69, 9.17) is 5.73 Å². The quantitative estimate of drug-likeness (QED) is 0.758. The molecule has 0 unspecified atom stereocenters. The van der Waals surface area contributed by atoms with Gasteiger partial charge in [-0.25, -0.2) is 15.0 Å². The van der Waals surface area contributed by atoms with Crippen LogP contribution in [0.4, 0.5) is 22.5 Å². The number of aromatic nitrogens is 3. The van der Waals surface area contributed by atoms with Crippen LogP contribution in [0.3, 0.4) is 0 Å². The van der Waals surface area contributed by atoms with Crippen molar-refractivity contribution in [2.45, 2.75) is 34.1 Å². The summed E-state index contributed by atoms with van der Waals surface area (Å²) in [5.41, 5.74) is 7.66. The molecule has 0 fully saturated rings. The zero-order valence-corrected chi connectivity index (χ0v) is 13.7. The van der Waals surface area contributed by atoms with Crippen molar-refractivity contribution in [1.29, 1.82) is 0 Å². The molecule has 0 aliphatic rings. The van der Waals surface area contributed by atoms with Gasteiger partial charge in [0.05, 0.1) is 5.69 Å². The highest BCUT2D eigenvalue weighted by molar-refractivity contribution is 7.15. The number of hydrogen-bond acceptors (Lipinski definition) is 7. The van der Waals surface area contributed by atoms with Gasteiger partial charge in [0.2, 0.25) is 0 Å². The van der Waals surface area contributed by atoms with Crippen LogP contribution in [0.5, 0.6) is 0 Å². The third-order valence-electron chi connectivity index (χ3n) is 3.15. The van der Waals surface area contributed by atoms with E-state index in [0.29, 0.717) is 23.2 Å². The van der Waals surface area contributed by atoms with E-state index in [9.17, 15) is 0 Å². The van der Waals surface area contributed by atoms with Gasteiger partial charge < -0.3 is 16.4 Å². The topological polar surface area (TPSA) is 88.8 Å². The second kappa shape index (κ2) is 6.71. The SMILES string of the molecule is Cc1nc(Nc2ncnc(NCCC(C)C)c2N)sc1C. The number of rotatable bonds is 6. The molecule has 0 spiro atoms. The number of nitrogens with one attached hydrogen (secondary N) is 2. The molecule has 114 valence electrons. The Balaban J connectivity index is 2.10. The Labute approximate surface area is 129 Å². The van der Waals surface area contributed by atoms with Gasteiger partial charge in [0.25, 0.3) is 0 Å². The zero-order valence-electron chi connectivity index (χ0n) is 12.9. The molecule has 2 rings (SSSR count). The van der Waals surface area contributed by atoms with E-state index in [-0.39, 0.29) is 0 Å². The molecule has 0 aliphatic carbocycles. The highest BCUT2D eigenvalue weighted by Gasteiger charge is 2.10. The maximum absolute atomic E-state index is 6.12. The monoisotopic (exact) mass is 306 g/mol. The van der Waals surface area contributed by atoms with Crippen molar-refractivity contribution in [1.82, 2.24) is 15.0 Å². The molecule has 0 saturated carbocycles. The summed E-state index contributed by atoms with van der Waals surface area (Å²) < 4.78 is 0. The van der Waals surface area contributed by atoms with Crippen molar-refractivity contribution in [2.75, 3.05) is 22.9 Å². The Bertz CT molecular complexity index is 588. The first kappa shape index (κ1) is 15.5. The molecule has 2 aromatic heterocycles. The molecule has 0 bridgehead atoms. The lowest BCUT2D eigenvalue weighted by atomic mass is 10.1. The summed E-state index contributed by atoms with van der Waals surface area (Å²) in [4.78, 5) is 14.0. The summed E-state index contributed by atoms with van der Waals surface area (Å²) >= 11 is 1.59. The molecule has 0 saturated heterocycles. The third kappa shape index (κ3) is 4.04. The lowest BCUT2D eigenvalue weighted by Crippen LogP contribution is -2.10. The molecule has 2 aromatic rings. The van der Waals surface area contributed by atoms with Gasteiger partial charge in [0, 0.05) is 11.4 Å². The predicted octanol–water partition coefficient (Wildman–Crippen LogP) is 3.33. The van der Waals surface area contributed by atoms with E-state index >= 15 is 0 Å². The van der Waals surface area contributed by atoms with Gasteiger partial charge in [-0.2, -0.15) is 0 Å². The van der Waals surface area contributed by atoms with E-state index in [1.54, 1.807) is 11.3 Å². The molecule has 0 radical (unpaired) electrons. The Morgan fingerprint density at radius 2 is 1.95 bits per heavy atom. The Morgan fingerprint density at radius 3 is 2.57 bits per heavy atom. The summed E-state index contributed by atoms with van der Waals surface area (Å²) in [6.07, 6.45) is 2.57. The van der Waals surface area contributed by atoms with Crippen LogP contribution >= 0.6 is 11.3 Å². The largest absolute Gasteiger partial charge is 0.393 e. The van der Waals surface area contributed by atoms with E-state index in [1.807, 2.05) is 13.8 Å². The molecule has 4 N–H and O–H groups in total. The number of nitrogens with zero attached hydrogens (tertiary/aromatic N) is 3. The lowest BCUT2D eigenvalue weighted by Gasteiger charge is -2.12. The first-order valence-electron chi connectivity index (χ1n) is 7.02. The maximum Gasteiger partial charge on any atom is 0.188 e. The van der Waals surface area contributed by atoms with Crippen molar-refractivity contribution in [2.24, 2.45) is 5.92 Å². The van der Waals surface area contributed by atoms with Crippen molar-refractivity contribution in [3.63, 3.8) is 0 Å². The molecule has 0 aromatic carbocycles. The standard InChI is InChI=1S/C14H22N6S/c1-8(2)5-6-16-12-11(15)13(18-7-17-12)20-14-19-9(3)10(4)21-14/h7-8H,5-6,15H2,1-4H3,(H2,16,17,18,19,20). The molecular formula is C14H22N6S. The highest BCUT2D eigenvalue weighted by Crippen LogP contribution is 2.29. The van der Waals surface area contributed by atoms with Crippen molar-refractivity contribution in [3.8, 4) is 0 Å². The average molecular weight is 306 g/mol. The Kier molecular flexibility index (Phi) is 4.95. The minimum atomic E-state index is 0.520. The number of thiazole rings is 1. The summed E-state index contributed by atoms with van der Waals surface area (Å²) in [6, 6.07) is 0. The van der Waals surface area contributed by atoms with E-state index in [1.165, 1.54) is 11.2 Å². The van der Waals surface area contributed by atoms with Gasteiger partial charge in [-0.15, -0.1) is 11.3 Å². The van der Waals surface area contributed by atoms with Gasteiger partial charge >= 0.3 is 0 Å². The summed E-state index contributed by atoms with van der Waals surface area (Å²) in [5, 5.41) is 7.21. The van der Waals surface area contributed by atoms with E-state index in [2.05, 4.69) is 39.4 Å². The number of nitrogen functional groups attached to an aromatic ring is 1. The third-order valence-corrected chi connectivity index (χ3v) is 4.14. The number of nitrogens with two attached hydrogens (primary N) is 1. The second-order valence-electron chi connectivity index (χ2n) is 5.38. The fourth-order valence-electron chi connectivity index (χ4n) is 1.74. The fourth-order valence-corrected chi connectivity index (χ4v) is 2.56. The van der Waals surface area contributed by atoms with Crippen molar-refractivity contribution in [3.05, 3.63) is 16.9 Å². The molecule has 7 heteroatoms. The molecule has 0 aliphatic heterocycles. The molecule has 0 atom stereocenters. The van der Waals surface area contributed by atoms with Crippen molar-refractivity contribution >= 4 is 33.8 Å². The molecule has 2 heterocycles. The predicted molar refractivity (Wildman–Crippen MR) is 89.3 cm³/mol. The number of hydrogen-bond donors (Lipinski definition) is 3. The first-order chi connectivity index (χ1) is 9.97. The summed E-state index contributed by atoms with van der Waals surface area (Å²) in [7, 11) is 0. The van der Waals surface area contributed by atoms with Crippen LogP contribution < -0.4 is 16.4 Å². The van der Waals surface area contributed by atoms with E-state index < -0.39 is 0 Å². The Morgan fingerprint density at radius 1 is 1.24 bits per heavy atom. The van der Waals surface area contributed by atoms with Crippen LogP contribution in [0.15, 0.2) is 6.33 Å². The van der Waals surface area contributed by atoms with Gasteiger partial charge in [-0.1, -0.05) is 13.8 Å². The lowest BCUT2D eigenvalue weighted by molar-refractivity contribution is 0.606. The first-order valence-corrected chi connectivity index (χ1v) is 7.84. The van der Waals surface area contributed by atoms with Crippen LogP contribution in [0.2, 0.25) is 0 Å². The second-order valence-corrected chi connectivity index (χ2v) is 6.58. The molecule has 21 heavy (non-hydrogen) atoms. The number of aryl methyl sites for hydroxylation is 2. The van der Waals surface area contributed by atoms with Crippen LogP contribution in [-0.2, 0) is 0 Å². The molecule has 0 amide bonds. The molecule has 6 nitrogen and oxygen atoms in total. The highest BCUT2D eigenvalue weighted by atomic mass is 32.1. The van der Waals surface area contributed by atoms with Crippen LogP contribution in [0.1, 0.15) is 30.8 Å². The molecular weight excluding hydrogens is 284 g/mol. The van der Waals surface area contributed by atoms with Gasteiger partial charge in [-0.05, 0) is 26.2 Å². The Hall–Kier alpha value is -1.89. The van der Waals surface area contributed by atoms with Gasteiger partial charge in [0.15, 0.2) is 16.8 Å². The number of anilines is 4. The summed E-state index contributed by atoms with van der Waals surface area (Å²) in [5.74, 6) is 1.89. The van der Waals surface area contributed by atoms with Crippen LogP contribution in [0.25, 0.3) is 0 Å². The minimum absolute atomic E-state index is 0.520.